The minimum Gasteiger partial charge on any atom is -0.505 e. The van der Waals surface area contributed by atoms with Gasteiger partial charge >= 0.3 is 10.4 Å². The van der Waals surface area contributed by atoms with Crippen molar-refractivity contribution in [3.8, 4) is 5.75 Å². The van der Waals surface area contributed by atoms with Gasteiger partial charge in [0.2, 0.25) is 9.84 Å². The molecule has 0 saturated heterocycles. The first-order valence-electron chi connectivity index (χ1n) is 13.8. The monoisotopic (exact) mass is 819 g/mol. The summed E-state index contributed by atoms with van der Waals surface area (Å²) in [4.78, 5) is -2.03. The molecule has 0 atom stereocenters. The van der Waals surface area contributed by atoms with Crippen LogP contribution in [0.15, 0.2) is 114 Å². The predicted molar refractivity (Wildman–Crippen MR) is 184 cm³/mol. The summed E-state index contributed by atoms with van der Waals surface area (Å²) < 4.78 is 153. The SMILES string of the molecule is C=CS(=O)(=O)c1ccccc1N=Nc1c(NCS(=O)(=O)O)ccc2c(O)c(N=Nc3ccccc3S(=O)(=O)CCOS(=O)(=O)O)c(S(=O)(=O)O)cc12. The highest BCUT2D eigenvalue weighted by molar-refractivity contribution is 7.94. The quantitative estimate of drug-likeness (QED) is 0.0820. The van der Waals surface area contributed by atoms with Crippen molar-refractivity contribution in [2.45, 2.75) is 14.7 Å². The van der Waals surface area contributed by atoms with Crippen LogP contribution in [-0.4, -0.2) is 79.1 Å². The number of aromatic hydroxyl groups is 1. The fourth-order valence-electron chi connectivity index (χ4n) is 4.36. The lowest BCUT2D eigenvalue weighted by Gasteiger charge is -2.14. The van der Waals surface area contributed by atoms with E-state index in [4.69, 9.17) is 4.55 Å². The topological polar surface area (TPSA) is 322 Å². The summed E-state index contributed by atoms with van der Waals surface area (Å²) in [5, 5.41) is 29.0. The average Bonchev–Trinajstić information content (AvgIpc) is 3.04. The molecular weight excluding hydrogens is 795 g/mol. The molecular formula is C27H25N5O15S5. The molecule has 4 aromatic rings. The van der Waals surface area contributed by atoms with Crippen LogP contribution < -0.4 is 5.32 Å². The normalized spacial score (nSPS) is 13.2. The molecule has 5 N–H and O–H groups in total. The molecule has 0 aromatic heterocycles. The standard InChI is InChI=1S/C27H25N5O15S5/c1-2-48(34,35)22-9-5-3-7-19(22)29-31-25-18-15-24(51(41,42)43)26(27(33)17(18)11-12-21(25)28-16-50(38,39)40)32-30-20-8-4-6-10-23(20)49(36,37)14-13-47-52(44,45)46/h2-12,15,28,33H,1,13-14,16H2,(H,38,39,40)(H,41,42,43)(H,44,45,46). The minimum absolute atomic E-state index is 0.245. The van der Waals surface area contributed by atoms with E-state index >= 15 is 0 Å². The van der Waals surface area contributed by atoms with Crippen LogP contribution in [0.2, 0.25) is 0 Å². The second kappa shape index (κ2) is 15.1. The predicted octanol–water partition coefficient (Wildman–Crippen LogP) is 4.39. The first-order valence-corrected chi connectivity index (χ1v) is 21.4. The number of hydrogen-bond acceptors (Lipinski definition) is 17. The molecule has 0 aliphatic rings. The largest absolute Gasteiger partial charge is 0.505 e. The maximum atomic E-state index is 12.9. The molecule has 278 valence electrons. The van der Waals surface area contributed by atoms with Gasteiger partial charge in [-0.3, -0.25) is 13.7 Å². The Morgan fingerprint density at radius 2 is 1.25 bits per heavy atom. The van der Waals surface area contributed by atoms with Gasteiger partial charge in [-0.2, -0.15) is 25.3 Å². The highest BCUT2D eigenvalue weighted by Crippen LogP contribution is 2.47. The maximum Gasteiger partial charge on any atom is 0.397 e. The summed E-state index contributed by atoms with van der Waals surface area (Å²) >= 11 is 0. The van der Waals surface area contributed by atoms with Crippen LogP contribution in [-0.2, 0) is 54.5 Å². The lowest BCUT2D eigenvalue weighted by molar-refractivity contribution is 0.284. The number of rotatable bonds is 15. The fraction of sp³-hybridized carbons (Fsp3) is 0.111. The molecule has 52 heavy (non-hydrogen) atoms. The molecule has 0 radical (unpaired) electrons. The number of nitrogens with zero attached hydrogens (tertiary/aromatic N) is 4. The smallest absolute Gasteiger partial charge is 0.397 e. The highest BCUT2D eigenvalue weighted by Gasteiger charge is 2.26. The molecule has 0 saturated carbocycles. The third-order valence-electron chi connectivity index (χ3n) is 6.62. The zero-order valence-electron chi connectivity index (χ0n) is 25.9. The van der Waals surface area contributed by atoms with E-state index in [1.54, 1.807) is 0 Å². The number of phenols is 1. The third-order valence-corrected chi connectivity index (χ3v) is 11.6. The molecule has 0 fully saturated rings. The van der Waals surface area contributed by atoms with Crippen molar-refractivity contribution >= 4 is 89.5 Å². The van der Waals surface area contributed by atoms with Gasteiger partial charge in [-0.15, -0.1) is 20.5 Å². The van der Waals surface area contributed by atoms with Crippen LogP contribution in [0.5, 0.6) is 5.75 Å². The van der Waals surface area contributed by atoms with E-state index in [1.807, 2.05) is 0 Å². The summed E-state index contributed by atoms with van der Waals surface area (Å²) in [6.45, 7) is 2.27. The molecule has 4 aromatic carbocycles. The first-order chi connectivity index (χ1) is 24.0. The Bertz CT molecular complexity index is 2700. The van der Waals surface area contributed by atoms with Crippen LogP contribution in [0.3, 0.4) is 0 Å². The molecule has 0 bridgehead atoms. The van der Waals surface area contributed by atoms with Gasteiger partial charge in [0.25, 0.3) is 20.2 Å². The molecule has 25 heteroatoms. The number of nitrogens with one attached hydrogen (secondary N) is 1. The molecule has 0 amide bonds. The van der Waals surface area contributed by atoms with Crippen LogP contribution in [0.1, 0.15) is 0 Å². The van der Waals surface area contributed by atoms with Gasteiger partial charge in [0.1, 0.15) is 33.5 Å². The molecule has 0 heterocycles. The Labute approximate surface area is 296 Å². The number of hydrogen-bond donors (Lipinski definition) is 5. The summed E-state index contributed by atoms with van der Waals surface area (Å²) in [5.74, 6) is -3.05. The number of sulfone groups is 2. The Morgan fingerprint density at radius 1 is 0.692 bits per heavy atom. The Kier molecular flexibility index (Phi) is 11.6. The van der Waals surface area contributed by atoms with Gasteiger partial charge in [0.05, 0.1) is 27.8 Å². The van der Waals surface area contributed by atoms with Gasteiger partial charge < -0.3 is 10.4 Å². The van der Waals surface area contributed by atoms with E-state index in [2.05, 4.69) is 36.5 Å². The van der Waals surface area contributed by atoms with Crippen molar-refractivity contribution in [1.82, 2.24) is 0 Å². The average molecular weight is 820 g/mol. The lowest BCUT2D eigenvalue weighted by atomic mass is 10.1. The van der Waals surface area contributed by atoms with Crippen molar-refractivity contribution in [2.24, 2.45) is 20.5 Å². The summed E-state index contributed by atoms with van der Waals surface area (Å²) in [6.07, 6.45) is 0. The van der Waals surface area contributed by atoms with E-state index < -0.39 is 101 Å². The van der Waals surface area contributed by atoms with Crippen LogP contribution in [0, 0.1) is 0 Å². The summed E-state index contributed by atoms with van der Waals surface area (Å²) in [6, 6.07) is 12.9. The van der Waals surface area contributed by atoms with Crippen LogP contribution in [0.25, 0.3) is 10.8 Å². The second-order valence-electron chi connectivity index (χ2n) is 10.1. The van der Waals surface area contributed by atoms with E-state index in [0.29, 0.717) is 5.41 Å². The van der Waals surface area contributed by atoms with Crippen molar-refractivity contribution in [2.75, 3.05) is 23.6 Å². The molecule has 0 aliphatic heterocycles. The molecule has 0 spiro atoms. The molecule has 0 unspecified atom stereocenters. The van der Waals surface area contributed by atoms with Crippen molar-refractivity contribution < 1.29 is 65.0 Å². The molecule has 20 nitrogen and oxygen atoms in total. The minimum atomic E-state index is -5.33. The van der Waals surface area contributed by atoms with Gasteiger partial charge in [0.15, 0.2) is 15.6 Å². The van der Waals surface area contributed by atoms with E-state index in [9.17, 15) is 56.3 Å². The summed E-state index contributed by atoms with van der Waals surface area (Å²) in [5.41, 5.74) is -2.28. The van der Waals surface area contributed by atoms with Gasteiger partial charge in [0, 0.05) is 16.2 Å². The third kappa shape index (κ3) is 9.78. The van der Waals surface area contributed by atoms with E-state index in [-0.39, 0.29) is 27.0 Å². The Hall–Kier alpha value is -4.73. The number of benzene rings is 4. The lowest BCUT2D eigenvalue weighted by Crippen LogP contribution is -2.15. The van der Waals surface area contributed by atoms with Crippen LogP contribution >= 0.6 is 0 Å². The first kappa shape index (κ1) is 40.0. The molecule has 4 rings (SSSR count). The van der Waals surface area contributed by atoms with Gasteiger partial charge in [-0.1, -0.05) is 30.8 Å². The zero-order valence-corrected chi connectivity index (χ0v) is 29.9. The fourth-order valence-corrected chi connectivity index (χ4v) is 7.83. The van der Waals surface area contributed by atoms with Crippen LogP contribution in [0.4, 0.5) is 28.4 Å². The maximum absolute atomic E-state index is 12.9. The van der Waals surface area contributed by atoms with Gasteiger partial charge in [-0.25, -0.2) is 21.0 Å². The number of anilines is 1. The van der Waals surface area contributed by atoms with Crippen molar-refractivity contribution in [3.05, 3.63) is 78.7 Å². The zero-order chi connectivity index (χ0) is 38.7. The summed E-state index contributed by atoms with van der Waals surface area (Å²) in [7, 11) is -23.4. The highest BCUT2D eigenvalue weighted by atomic mass is 32.3. The molecule has 0 aliphatic carbocycles. The van der Waals surface area contributed by atoms with E-state index in [0.717, 1.165) is 30.3 Å². The Balaban J connectivity index is 1.94. The number of phenolic OH excluding ortho intramolecular Hbond substituents is 1. The van der Waals surface area contributed by atoms with E-state index in [1.165, 1.54) is 36.4 Å². The van der Waals surface area contributed by atoms with Crippen molar-refractivity contribution in [3.63, 3.8) is 0 Å². The number of azo groups is 2. The van der Waals surface area contributed by atoms with Crippen molar-refractivity contribution in [1.29, 1.82) is 0 Å². The Morgan fingerprint density at radius 3 is 1.81 bits per heavy atom. The number of fused-ring (bicyclic) bond motifs is 1. The van der Waals surface area contributed by atoms with Gasteiger partial charge in [-0.05, 0) is 42.5 Å². The second-order valence-corrected chi connectivity index (χ2v) is 18.0.